The van der Waals surface area contributed by atoms with E-state index in [-0.39, 0.29) is 11.8 Å². The largest absolute Gasteiger partial charge is 0.355 e. The number of aromatic nitrogens is 4. The highest BCUT2D eigenvalue weighted by Crippen LogP contribution is 2.40. The van der Waals surface area contributed by atoms with Gasteiger partial charge in [-0.3, -0.25) is 14.3 Å². The van der Waals surface area contributed by atoms with Crippen LogP contribution in [-0.4, -0.2) is 38.0 Å². The van der Waals surface area contributed by atoms with Crippen molar-refractivity contribution in [3.63, 3.8) is 0 Å². The predicted molar refractivity (Wildman–Crippen MR) is 110 cm³/mol. The molecule has 2 heterocycles. The van der Waals surface area contributed by atoms with Gasteiger partial charge in [0.1, 0.15) is 0 Å². The molecule has 1 atom stereocenters. The van der Waals surface area contributed by atoms with Gasteiger partial charge in [0.05, 0.1) is 5.75 Å². The highest BCUT2D eigenvalue weighted by molar-refractivity contribution is 7.99. The molecule has 0 aliphatic heterocycles. The highest BCUT2D eigenvalue weighted by Gasteiger charge is 2.30. The van der Waals surface area contributed by atoms with E-state index in [9.17, 15) is 4.79 Å². The lowest BCUT2D eigenvalue weighted by Gasteiger charge is -2.13. The zero-order valence-corrected chi connectivity index (χ0v) is 16.6. The maximum Gasteiger partial charge on any atom is 0.230 e. The number of thioether (sulfide) groups is 1. The molecule has 1 aliphatic carbocycles. The van der Waals surface area contributed by atoms with E-state index in [0.29, 0.717) is 18.3 Å². The summed E-state index contributed by atoms with van der Waals surface area (Å²) in [5, 5.41) is 12.5. The second kappa shape index (κ2) is 8.56. The number of hydrogen-bond acceptors (Lipinski definition) is 5. The van der Waals surface area contributed by atoms with Gasteiger partial charge in [-0.2, -0.15) is 0 Å². The molecule has 3 aromatic rings. The molecule has 1 aliphatic rings. The normalized spacial score (nSPS) is 14.6. The van der Waals surface area contributed by atoms with Crippen LogP contribution in [0.3, 0.4) is 0 Å². The van der Waals surface area contributed by atoms with E-state index in [1.54, 1.807) is 12.4 Å². The Morgan fingerprint density at radius 3 is 2.75 bits per heavy atom. The Bertz CT molecular complexity index is 924. The summed E-state index contributed by atoms with van der Waals surface area (Å²) in [5.41, 5.74) is 2.18. The van der Waals surface area contributed by atoms with Gasteiger partial charge in [-0.25, -0.2) is 0 Å². The Morgan fingerprint density at radius 2 is 2.04 bits per heavy atom. The molecule has 7 heteroatoms. The van der Waals surface area contributed by atoms with E-state index in [4.69, 9.17) is 0 Å². The van der Waals surface area contributed by atoms with Crippen LogP contribution >= 0.6 is 11.8 Å². The Hall–Kier alpha value is -2.67. The van der Waals surface area contributed by atoms with Gasteiger partial charge in [0, 0.05) is 30.5 Å². The van der Waals surface area contributed by atoms with Gasteiger partial charge < -0.3 is 5.32 Å². The molecular weight excluding hydrogens is 370 g/mol. The maximum atomic E-state index is 12.3. The van der Waals surface area contributed by atoms with E-state index in [1.165, 1.54) is 17.3 Å². The van der Waals surface area contributed by atoms with Crippen molar-refractivity contribution in [1.29, 1.82) is 0 Å². The average Bonchev–Trinajstić information content (AvgIpc) is 3.50. The molecule has 144 valence electrons. The van der Waals surface area contributed by atoms with Gasteiger partial charge in [-0.15, -0.1) is 10.2 Å². The van der Waals surface area contributed by atoms with Crippen LogP contribution in [-0.2, 0) is 4.79 Å². The van der Waals surface area contributed by atoms with Gasteiger partial charge in [0.15, 0.2) is 11.0 Å². The lowest BCUT2D eigenvalue weighted by molar-refractivity contribution is -0.118. The molecule has 1 aromatic carbocycles. The molecule has 0 unspecified atom stereocenters. The smallest absolute Gasteiger partial charge is 0.230 e. The molecule has 0 radical (unpaired) electrons. The topological polar surface area (TPSA) is 72.7 Å². The quantitative estimate of drug-likeness (QED) is 0.591. The molecule has 1 amide bonds. The highest BCUT2D eigenvalue weighted by atomic mass is 32.2. The van der Waals surface area contributed by atoms with Gasteiger partial charge in [-0.1, -0.05) is 49.0 Å². The minimum Gasteiger partial charge on any atom is -0.355 e. The number of rotatable bonds is 8. The number of pyridine rings is 1. The predicted octanol–water partition coefficient (Wildman–Crippen LogP) is 3.69. The van der Waals surface area contributed by atoms with Crippen LogP contribution in [0.4, 0.5) is 0 Å². The first-order valence-electron chi connectivity index (χ1n) is 9.52. The number of amides is 1. The molecule has 0 saturated heterocycles. The summed E-state index contributed by atoms with van der Waals surface area (Å²) in [7, 11) is 0. The molecule has 28 heavy (non-hydrogen) atoms. The minimum absolute atomic E-state index is 0.0149. The van der Waals surface area contributed by atoms with Crippen molar-refractivity contribution >= 4 is 17.7 Å². The zero-order chi connectivity index (χ0) is 19.3. The monoisotopic (exact) mass is 393 g/mol. The molecule has 0 bridgehead atoms. The molecule has 6 nitrogen and oxygen atoms in total. The maximum absolute atomic E-state index is 12.3. The fourth-order valence-electron chi connectivity index (χ4n) is 3.08. The number of hydrogen-bond donors (Lipinski definition) is 1. The Balaban J connectivity index is 1.36. The zero-order valence-electron chi connectivity index (χ0n) is 15.8. The van der Waals surface area contributed by atoms with Gasteiger partial charge >= 0.3 is 0 Å². The summed E-state index contributed by atoms with van der Waals surface area (Å²) in [5.74, 6) is 1.46. The number of carbonyl (C=O) groups excluding carboxylic acids is 1. The average molecular weight is 394 g/mol. The van der Waals surface area contributed by atoms with Gasteiger partial charge in [0.2, 0.25) is 5.91 Å². The Kier molecular flexibility index (Phi) is 5.71. The third kappa shape index (κ3) is 4.42. The van der Waals surface area contributed by atoms with Crippen LogP contribution in [0.5, 0.6) is 0 Å². The van der Waals surface area contributed by atoms with E-state index < -0.39 is 0 Å². The third-order valence-corrected chi connectivity index (χ3v) is 5.75. The van der Waals surface area contributed by atoms with E-state index in [2.05, 4.69) is 44.1 Å². The van der Waals surface area contributed by atoms with Crippen LogP contribution < -0.4 is 5.32 Å². The van der Waals surface area contributed by atoms with Crippen molar-refractivity contribution < 1.29 is 4.79 Å². The SMILES string of the molecule is C[C@@H](CNC(=O)CSc1nnc(-c2cccnc2)n1C1CC1)c1ccccc1. The number of nitrogens with one attached hydrogen (secondary N) is 1. The lowest BCUT2D eigenvalue weighted by atomic mass is 10.0. The first-order valence-corrected chi connectivity index (χ1v) is 10.5. The van der Waals surface area contributed by atoms with Crippen LogP contribution in [0.1, 0.15) is 37.3 Å². The number of benzene rings is 1. The summed E-state index contributed by atoms with van der Waals surface area (Å²) in [4.78, 5) is 16.5. The number of carbonyl (C=O) groups is 1. The molecule has 1 saturated carbocycles. The summed E-state index contributed by atoms with van der Waals surface area (Å²) in [6, 6.07) is 14.5. The van der Waals surface area contributed by atoms with Crippen molar-refractivity contribution in [3.8, 4) is 11.4 Å². The van der Waals surface area contributed by atoms with E-state index in [0.717, 1.165) is 29.4 Å². The van der Waals surface area contributed by atoms with Crippen molar-refractivity contribution in [2.75, 3.05) is 12.3 Å². The Labute approximate surface area is 168 Å². The van der Waals surface area contributed by atoms with Crippen molar-refractivity contribution in [2.24, 2.45) is 0 Å². The second-order valence-corrected chi connectivity index (χ2v) is 8.00. The van der Waals surface area contributed by atoms with Crippen LogP contribution in [0, 0.1) is 0 Å². The second-order valence-electron chi connectivity index (χ2n) is 7.05. The van der Waals surface area contributed by atoms with Crippen LogP contribution in [0.2, 0.25) is 0 Å². The van der Waals surface area contributed by atoms with Crippen LogP contribution in [0.15, 0.2) is 60.0 Å². The standard InChI is InChI=1S/C21H23N5OS/c1-15(16-6-3-2-4-7-16)12-23-19(27)14-28-21-25-24-20(26(21)18-9-10-18)17-8-5-11-22-13-17/h2-8,11,13,15,18H,9-10,12,14H2,1H3,(H,23,27)/t15-/m0/s1. The lowest BCUT2D eigenvalue weighted by Crippen LogP contribution is -2.29. The molecular formula is C21H23N5OS. The van der Waals surface area contributed by atoms with E-state index in [1.807, 2.05) is 30.3 Å². The van der Waals surface area contributed by atoms with Crippen molar-refractivity contribution in [2.45, 2.75) is 36.9 Å². The first-order chi connectivity index (χ1) is 13.7. The fraction of sp³-hybridized carbons (Fsp3) is 0.333. The van der Waals surface area contributed by atoms with Crippen molar-refractivity contribution in [1.82, 2.24) is 25.1 Å². The van der Waals surface area contributed by atoms with Crippen LogP contribution in [0.25, 0.3) is 11.4 Å². The van der Waals surface area contributed by atoms with Crippen molar-refractivity contribution in [3.05, 3.63) is 60.4 Å². The summed E-state index contributed by atoms with van der Waals surface area (Å²) in [6.07, 6.45) is 5.80. The summed E-state index contributed by atoms with van der Waals surface area (Å²) in [6.45, 7) is 2.74. The first kappa shape index (κ1) is 18.7. The third-order valence-electron chi connectivity index (χ3n) is 4.80. The minimum atomic E-state index is 0.0149. The van der Waals surface area contributed by atoms with Gasteiger partial charge in [0.25, 0.3) is 0 Å². The molecule has 1 fully saturated rings. The molecule has 1 N–H and O–H groups in total. The fourth-order valence-corrected chi connectivity index (χ4v) is 3.91. The number of nitrogens with zero attached hydrogens (tertiary/aromatic N) is 4. The summed E-state index contributed by atoms with van der Waals surface area (Å²) >= 11 is 1.44. The molecule has 4 rings (SSSR count). The molecule has 0 spiro atoms. The summed E-state index contributed by atoms with van der Waals surface area (Å²) < 4.78 is 2.15. The Morgan fingerprint density at radius 1 is 1.21 bits per heavy atom. The van der Waals surface area contributed by atoms with Gasteiger partial charge in [-0.05, 0) is 36.5 Å². The van der Waals surface area contributed by atoms with E-state index >= 15 is 0 Å². The molecule has 2 aromatic heterocycles.